The first-order chi connectivity index (χ1) is 8.74. The van der Waals surface area contributed by atoms with Gasteiger partial charge in [-0.05, 0) is 31.9 Å². The Hall–Kier alpha value is -1.49. The molecule has 0 saturated carbocycles. The number of ether oxygens (including phenoxy) is 1. The standard InChI is InChI=1S/C13H20N2O3/c1-10(9-12-3-2-6-18-12)14-13(16)15-11-4-7-17-8-5-11/h2-3,6,10-11H,4-5,7-9H2,1H3,(H2,14,15,16)/t10-/m0/s1. The Labute approximate surface area is 107 Å². The van der Waals surface area contributed by atoms with Gasteiger partial charge in [0.1, 0.15) is 5.76 Å². The van der Waals surface area contributed by atoms with E-state index in [9.17, 15) is 4.79 Å². The van der Waals surface area contributed by atoms with E-state index in [1.54, 1.807) is 6.26 Å². The molecule has 1 aliphatic heterocycles. The van der Waals surface area contributed by atoms with Crippen LogP contribution in [0.15, 0.2) is 22.8 Å². The number of hydrogen-bond donors (Lipinski definition) is 2. The number of rotatable bonds is 4. The summed E-state index contributed by atoms with van der Waals surface area (Å²) in [4.78, 5) is 11.8. The summed E-state index contributed by atoms with van der Waals surface area (Å²) in [5.41, 5.74) is 0. The van der Waals surface area contributed by atoms with Crippen molar-refractivity contribution >= 4 is 6.03 Å². The van der Waals surface area contributed by atoms with Crippen LogP contribution in [0, 0.1) is 0 Å². The van der Waals surface area contributed by atoms with E-state index >= 15 is 0 Å². The Morgan fingerprint density at radius 1 is 1.50 bits per heavy atom. The number of amides is 2. The molecule has 5 nitrogen and oxygen atoms in total. The van der Waals surface area contributed by atoms with Gasteiger partial charge in [-0.3, -0.25) is 0 Å². The van der Waals surface area contributed by atoms with Crippen molar-refractivity contribution in [3.8, 4) is 0 Å². The molecule has 2 rings (SSSR count). The van der Waals surface area contributed by atoms with Crippen molar-refractivity contribution in [3.63, 3.8) is 0 Å². The van der Waals surface area contributed by atoms with Crippen LogP contribution in [0.2, 0.25) is 0 Å². The highest BCUT2D eigenvalue weighted by Gasteiger charge is 2.17. The molecule has 1 aromatic heterocycles. The third kappa shape index (κ3) is 4.07. The summed E-state index contributed by atoms with van der Waals surface area (Å²) < 4.78 is 10.5. The van der Waals surface area contributed by atoms with Gasteiger partial charge in [-0.2, -0.15) is 0 Å². The number of furan rings is 1. The van der Waals surface area contributed by atoms with Crippen LogP contribution in [0.25, 0.3) is 0 Å². The minimum atomic E-state index is -0.110. The zero-order valence-corrected chi connectivity index (χ0v) is 10.6. The summed E-state index contributed by atoms with van der Waals surface area (Å²) in [5.74, 6) is 0.883. The molecule has 0 radical (unpaired) electrons. The van der Waals surface area contributed by atoms with E-state index < -0.39 is 0 Å². The van der Waals surface area contributed by atoms with E-state index in [-0.39, 0.29) is 18.1 Å². The Bertz CT molecular complexity index is 358. The van der Waals surface area contributed by atoms with Gasteiger partial charge in [0.05, 0.1) is 6.26 Å². The molecule has 1 fully saturated rings. The van der Waals surface area contributed by atoms with Crippen LogP contribution in [-0.4, -0.2) is 31.3 Å². The fourth-order valence-electron chi connectivity index (χ4n) is 2.07. The van der Waals surface area contributed by atoms with E-state index in [1.165, 1.54) is 0 Å². The van der Waals surface area contributed by atoms with Crippen molar-refractivity contribution in [1.82, 2.24) is 10.6 Å². The normalized spacial score (nSPS) is 18.3. The van der Waals surface area contributed by atoms with Crippen molar-refractivity contribution in [2.24, 2.45) is 0 Å². The summed E-state index contributed by atoms with van der Waals surface area (Å²) in [5, 5.41) is 5.88. The average molecular weight is 252 g/mol. The molecule has 1 saturated heterocycles. The smallest absolute Gasteiger partial charge is 0.315 e. The fraction of sp³-hybridized carbons (Fsp3) is 0.615. The highest BCUT2D eigenvalue weighted by atomic mass is 16.5. The van der Waals surface area contributed by atoms with Gasteiger partial charge < -0.3 is 19.8 Å². The second-order valence-corrected chi connectivity index (χ2v) is 4.69. The third-order valence-electron chi connectivity index (χ3n) is 3.02. The Balaban J connectivity index is 1.69. The molecule has 1 aliphatic rings. The van der Waals surface area contributed by atoms with Crippen LogP contribution in [0.5, 0.6) is 0 Å². The van der Waals surface area contributed by atoms with Gasteiger partial charge in [0.15, 0.2) is 0 Å². The van der Waals surface area contributed by atoms with Crippen LogP contribution in [0.3, 0.4) is 0 Å². The quantitative estimate of drug-likeness (QED) is 0.857. The van der Waals surface area contributed by atoms with E-state index in [4.69, 9.17) is 9.15 Å². The lowest BCUT2D eigenvalue weighted by atomic mass is 10.1. The predicted molar refractivity (Wildman–Crippen MR) is 67.4 cm³/mol. The lowest BCUT2D eigenvalue weighted by molar-refractivity contribution is 0.0800. The molecule has 100 valence electrons. The molecular formula is C13H20N2O3. The number of carbonyl (C=O) groups excluding carboxylic acids is 1. The second kappa shape index (κ2) is 6.44. The van der Waals surface area contributed by atoms with Crippen molar-refractivity contribution in [2.75, 3.05) is 13.2 Å². The first kappa shape index (κ1) is 13.0. The van der Waals surface area contributed by atoms with Crippen LogP contribution in [-0.2, 0) is 11.2 Å². The zero-order chi connectivity index (χ0) is 12.8. The summed E-state index contributed by atoms with van der Waals surface area (Å²) in [6.07, 6.45) is 4.12. The second-order valence-electron chi connectivity index (χ2n) is 4.69. The van der Waals surface area contributed by atoms with Gasteiger partial charge in [-0.25, -0.2) is 4.79 Å². The molecule has 0 unspecified atom stereocenters. The molecule has 0 aromatic carbocycles. The Kier molecular flexibility index (Phi) is 4.64. The summed E-state index contributed by atoms with van der Waals surface area (Å²) in [6.45, 7) is 3.42. The molecule has 0 spiro atoms. The van der Waals surface area contributed by atoms with Gasteiger partial charge in [0.2, 0.25) is 0 Å². The SMILES string of the molecule is C[C@@H](Cc1ccco1)NC(=O)NC1CCOCC1. The minimum absolute atomic E-state index is 0.0518. The highest BCUT2D eigenvalue weighted by molar-refractivity contribution is 5.74. The zero-order valence-electron chi connectivity index (χ0n) is 10.6. The molecule has 5 heteroatoms. The first-order valence-electron chi connectivity index (χ1n) is 6.41. The van der Waals surface area contributed by atoms with E-state index in [2.05, 4.69) is 10.6 Å². The summed E-state index contributed by atoms with van der Waals surface area (Å²) in [6, 6.07) is 3.94. The summed E-state index contributed by atoms with van der Waals surface area (Å²) in [7, 11) is 0. The maximum atomic E-state index is 11.8. The van der Waals surface area contributed by atoms with Gasteiger partial charge in [-0.15, -0.1) is 0 Å². The van der Waals surface area contributed by atoms with Crippen molar-refractivity contribution in [2.45, 2.75) is 38.3 Å². The molecule has 18 heavy (non-hydrogen) atoms. The first-order valence-corrected chi connectivity index (χ1v) is 6.41. The lowest BCUT2D eigenvalue weighted by Crippen LogP contribution is -2.47. The van der Waals surface area contributed by atoms with E-state index in [0.717, 1.165) is 31.8 Å². The molecule has 2 amide bonds. The van der Waals surface area contributed by atoms with Crippen molar-refractivity contribution in [3.05, 3.63) is 24.2 Å². The molecule has 0 aliphatic carbocycles. The van der Waals surface area contributed by atoms with Crippen LogP contribution >= 0.6 is 0 Å². The van der Waals surface area contributed by atoms with Crippen LogP contribution in [0.4, 0.5) is 4.79 Å². The lowest BCUT2D eigenvalue weighted by Gasteiger charge is -2.24. The maximum Gasteiger partial charge on any atom is 0.315 e. The highest BCUT2D eigenvalue weighted by Crippen LogP contribution is 2.06. The average Bonchev–Trinajstić information content (AvgIpc) is 2.82. The largest absolute Gasteiger partial charge is 0.469 e. The van der Waals surface area contributed by atoms with Gasteiger partial charge in [0.25, 0.3) is 0 Å². The molecule has 0 bridgehead atoms. The third-order valence-corrected chi connectivity index (χ3v) is 3.02. The number of nitrogens with one attached hydrogen (secondary N) is 2. The van der Waals surface area contributed by atoms with E-state index in [1.807, 2.05) is 19.1 Å². The number of carbonyl (C=O) groups is 1. The molecule has 1 aromatic rings. The molecule has 1 atom stereocenters. The number of urea groups is 1. The topological polar surface area (TPSA) is 63.5 Å². The predicted octanol–water partition coefficient (Wildman–Crippen LogP) is 1.69. The van der Waals surface area contributed by atoms with E-state index in [0.29, 0.717) is 6.42 Å². The Morgan fingerprint density at radius 3 is 2.94 bits per heavy atom. The number of hydrogen-bond acceptors (Lipinski definition) is 3. The monoisotopic (exact) mass is 252 g/mol. The van der Waals surface area contributed by atoms with Gasteiger partial charge >= 0.3 is 6.03 Å². The van der Waals surface area contributed by atoms with Gasteiger partial charge in [-0.1, -0.05) is 0 Å². The molecular weight excluding hydrogens is 232 g/mol. The van der Waals surface area contributed by atoms with Crippen molar-refractivity contribution < 1.29 is 13.9 Å². The Morgan fingerprint density at radius 2 is 2.28 bits per heavy atom. The molecule has 2 heterocycles. The summed E-state index contributed by atoms with van der Waals surface area (Å²) >= 11 is 0. The van der Waals surface area contributed by atoms with Crippen LogP contribution in [0.1, 0.15) is 25.5 Å². The minimum Gasteiger partial charge on any atom is -0.469 e. The molecule has 2 N–H and O–H groups in total. The van der Waals surface area contributed by atoms with Crippen molar-refractivity contribution in [1.29, 1.82) is 0 Å². The van der Waals surface area contributed by atoms with Crippen LogP contribution < -0.4 is 10.6 Å². The van der Waals surface area contributed by atoms with Gasteiger partial charge in [0, 0.05) is 31.7 Å². The fourth-order valence-corrected chi connectivity index (χ4v) is 2.07. The maximum absolute atomic E-state index is 11.8.